The number of nitrogens with zero attached hydrogens (tertiary/aromatic N) is 1. The van der Waals surface area contributed by atoms with Crippen molar-refractivity contribution < 1.29 is 9.21 Å². The SMILES string of the molecule is Cc1cc(CCC(C)C)oc(=O)c1C(=O)NCCCc1c(C)n[nH]c1C. The molecule has 0 saturated heterocycles. The van der Waals surface area contributed by atoms with Gasteiger partial charge in [-0.1, -0.05) is 13.8 Å². The topological polar surface area (TPSA) is 88.0 Å². The maximum Gasteiger partial charge on any atom is 0.349 e. The molecule has 26 heavy (non-hydrogen) atoms. The van der Waals surface area contributed by atoms with Crippen molar-refractivity contribution in [2.24, 2.45) is 5.92 Å². The molecule has 6 nitrogen and oxygen atoms in total. The first-order chi connectivity index (χ1) is 12.3. The average Bonchev–Trinajstić information content (AvgIpc) is 2.87. The maximum absolute atomic E-state index is 12.4. The van der Waals surface area contributed by atoms with E-state index in [0.29, 0.717) is 30.2 Å². The third-order valence-corrected chi connectivity index (χ3v) is 4.56. The predicted octanol–water partition coefficient (Wildman–Crippen LogP) is 3.24. The number of carbonyl (C=O) groups excluding carboxylic acids is 1. The van der Waals surface area contributed by atoms with E-state index in [1.165, 1.54) is 5.56 Å². The van der Waals surface area contributed by atoms with E-state index in [4.69, 9.17) is 4.42 Å². The number of aryl methyl sites for hydroxylation is 4. The first-order valence-corrected chi connectivity index (χ1v) is 9.21. The Kier molecular flexibility index (Phi) is 6.77. The van der Waals surface area contributed by atoms with E-state index in [2.05, 4.69) is 29.4 Å². The lowest BCUT2D eigenvalue weighted by molar-refractivity contribution is 0.0948. The molecule has 0 aromatic carbocycles. The van der Waals surface area contributed by atoms with Crippen LogP contribution in [0.4, 0.5) is 0 Å². The summed E-state index contributed by atoms with van der Waals surface area (Å²) in [6.45, 7) is 10.5. The zero-order valence-electron chi connectivity index (χ0n) is 16.4. The Bertz CT molecular complexity index is 799. The van der Waals surface area contributed by atoms with Gasteiger partial charge in [0.1, 0.15) is 11.3 Å². The Balaban J connectivity index is 1.93. The van der Waals surface area contributed by atoms with Gasteiger partial charge >= 0.3 is 5.63 Å². The van der Waals surface area contributed by atoms with Crippen LogP contribution >= 0.6 is 0 Å². The largest absolute Gasteiger partial charge is 0.427 e. The molecule has 0 aliphatic heterocycles. The summed E-state index contributed by atoms with van der Waals surface area (Å²) in [5.41, 5.74) is 3.45. The van der Waals surface area contributed by atoms with Crippen LogP contribution in [0.5, 0.6) is 0 Å². The van der Waals surface area contributed by atoms with Gasteiger partial charge in [-0.15, -0.1) is 0 Å². The Morgan fingerprint density at radius 2 is 2.00 bits per heavy atom. The van der Waals surface area contributed by atoms with Gasteiger partial charge in [-0.3, -0.25) is 9.89 Å². The molecule has 0 aliphatic carbocycles. The van der Waals surface area contributed by atoms with Gasteiger partial charge in [-0.25, -0.2) is 4.79 Å². The van der Waals surface area contributed by atoms with Gasteiger partial charge < -0.3 is 9.73 Å². The Labute approximate surface area is 154 Å². The van der Waals surface area contributed by atoms with Crippen LogP contribution in [-0.4, -0.2) is 22.6 Å². The van der Waals surface area contributed by atoms with Gasteiger partial charge in [-0.2, -0.15) is 5.10 Å². The highest BCUT2D eigenvalue weighted by molar-refractivity contribution is 5.95. The van der Waals surface area contributed by atoms with Crippen molar-refractivity contribution in [3.05, 3.63) is 50.3 Å². The van der Waals surface area contributed by atoms with Crippen LogP contribution in [-0.2, 0) is 12.8 Å². The fourth-order valence-corrected chi connectivity index (χ4v) is 3.00. The molecule has 2 heterocycles. The molecule has 2 aromatic rings. The number of hydrogen-bond donors (Lipinski definition) is 2. The zero-order chi connectivity index (χ0) is 19.3. The molecule has 2 N–H and O–H groups in total. The highest BCUT2D eigenvalue weighted by Crippen LogP contribution is 2.13. The van der Waals surface area contributed by atoms with E-state index in [1.807, 2.05) is 13.8 Å². The lowest BCUT2D eigenvalue weighted by Crippen LogP contribution is -2.30. The standard InChI is InChI=1S/C20H29N3O3/c1-12(2)8-9-16-11-13(3)18(20(25)26-16)19(24)21-10-6-7-17-14(4)22-23-15(17)5/h11-12H,6-10H2,1-5H3,(H,21,24)(H,22,23). The van der Waals surface area contributed by atoms with Crippen molar-refractivity contribution in [3.63, 3.8) is 0 Å². The van der Waals surface area contributed by atoms with Crippen molar-refractivity contribution >= 4 is 5.91 Å². The molecular weight excluding hydrogens is 330 g/mol. The van der Waals surface area contributed by atoms with Crippen molar-refractivity contribution in [2.75, 3.05) is 6.54 Å². The fraction of sp³-hybridized carbons (Fsp3) is 0.550. The van der Waals surface area contributed by atoms with E-state index < -0.39 is 5.63 Å². The molecule has 142 valence electrons. The van der Waals surface area contributed by atoms with Gasteiger partial charge in [0.15, 0.2) is 0 Å². The molecule has 0 atom stereocenters. The number of nitrogens with one attached hydrogen (secondary N) is 2. The van der Waals surface area contributed by atoms with Crippen LogP contribution in [0, 0.1) is 26.7 Å². The Morgan fingerprint density at radius 3 is 2.58 bits per heavy atom. The second-order valence-electron chi connectivity index (χ2n) is 7.26. The zero-order valence-corrected chi connectivity index (χ0v) is 16.4. The van der Waals surface area contributed by atoms with Crippen LogP contribution in [0.15, 0.2) is 15.3 Å². The molecule has 2 rings (SSSR count). The predicted molar refractivity (Wildman–Crippen MR) is 102 cm³/mol. The van der Waals surface area contributed by atoms with Crippen LogP contribution < -0.4 is 10.9 Å². The average molecular weight is 359 g/mol. The summed E-state index contributed by atoms with van der Waals surface area (Å²) in [5, 5.41) is 9.95. The Morgan fingerprint density at radius 1 is 1.27 bits per heavy atom. The van der Waals surface area contributed by atoms with Gasteiger partial charge in [0, 0.05) is 18.7 Å². The summed E-state index contributed by atoms with van der Waals surface area (Å²) in [6, 6.07) is 1.80. The summed E-state index contributed by atoms with van der Waals surface area (Å²) in [6.07, 6.45) is 3.26. The first kappa shape index (κ1) is 19.9. The fourth-order valence-electron chi connectivity index (χ4n) is 3.00. The third kappa shape index (κ3) is 5.07. The van der Waals surface area contributed by atoms with Gasteiger partial charge in [0.25, 0.3) is 5.91 Å². The van der Waals surface area contributed by atoms with Crippen LogP contribution in [0.3, 0.4) is 0 Å². The van der Waals surface area contributed by atoms with Crippen LogP contribution in [0.25, 0.3) is 0 Å². The van der Waals surface area contributed by atoms with Crippen molar-refractivity contribution in [1.29, 1.82) is 0 Å². The molecule has 0 aliphatic rings. The molecular formula is C20H29N3O3. The number of amides is 1. The third-order valence-electron chi connectivity index (χ3n) is 4.56. The summed E-state index contributed by atoms with van der Waals surface area (Å²) >= 11 is 0. The van der Waals surface area contributed by atoms with E-state index in [1.54, 1.807) is 13.0 Å². The maximum atomic E-state index is 12.4. The second kappa shape index (κ2) is 8.83. The number of hydrogen-bond acceptors (Lipinski definition) is 4. The molecule has 0 bridgehead atoms. The van der Waals surface area contributed by atoms with E-state index >= 15 is 0 Å². The summed E-state index contributed by atoms with van der Waals surface area (Å²) in [5.74, 6) is 0.807. The van der Waals surface area contributed by atoms with Gasteiger partial charge in [0.2, 0.25) is 0 Å². The molecule has 0 unspecified atom stereocenters. The number of H-pyrrole nitrogens is 1. The summed E-state index contributed by atoms with van der Waals surface area (Å²) in [4.78, 5) is 24.6. The molecule has 1 amide bonds. The number of aromatic nitrogens is 2. The molecule has 0 radical (unpaired) electrons. The minimum absolute atomic E-state index is 0.106. The quantitative estimate of drug-likeness (QED) is 0.708. The number of aromatic amines is 1. The van der Waals surface area contributed by atoms with Gasteiger partial charge in [-0.05, 0) is 63.1 Å². The Hall–Kier alpha value is -2.37. The van der Waals surface area contributed by atoms with Crippen molar-refractivity contribution in [2.45, 2.75) is 60.3 Å². The van der Waals surface area contributed by atoms with Crippen LogP contribution in [0.1, 0.15) is 65.3 Å². The van der Waals surface area contributed by atoms with E-state index in [9.17, 15) is 9.59 Å². The lowest BCUT2D eigenvalue weighted by Gasteiger charge is -2.09. The number of rotatable bonds is 8. The molecule has 2 aromatic heterocycles. The van der Waals surface area contributed by atoms with E-state index in [-0.39, 0.29) is 11.5 Å². The van der Waals surface area contributed by atoms with Crippen molar-refractivity contribution in [3.8, 4) is 0 Å². The molecule has 0 fully saturated rings. The minimum atomic E-state index is -0.553. The highest BCUT2D eigenvalue weighted by atomic mass is 16.4. The molecule has 6 heteroatoms. The van der Waals surface area contributed by atoms with Crippen molar-refractivity contribution in [1.82, 2.24) is 15.5 Å². The molecule has 0 saturated carbocycles. The highest BCUT2D eigenvalue weighted by Gasteiger charge is 2.17. The summed E-state index contributed by atoms with van der Waals surface area (Å²) in [7, 11) is 0. The van der Waals surface area contributed by atoms with Crippen LogP contribution in [0.2, 0.25) is 0 Å². The minimum Gasteiger partial charge on any atom is -0.427 e. The van der Waals surface area contributed by atoms with Gasteiger partial charge in [0.05, 0.1) is 5.69 Å². The smallest absolute Gasteiger partial charge is 0.349 e. The van der Waals surface area contributed by atoms with E-state index in [0.717, 1.165) is 30.7 Å². The summed E-state index contributed by atoms with van der Waals surface area (Å²) < 4.78 is 5.33. The monoisotopic (exact) mass is 359 g/mol. The number of carbonyl (C=O) groups is 1. The molecule has 0 spiro atoms. The normalized spacial score (nSPS) is 11.2. The first-order valence-electron chi connectivity index (χ1n) is 9.21. The lowest BCUT2D eigenvalue weighted by atomic mass is 10.0. The second-order valence-corrected chi connectivity index (χ2v) is 7.26.